The first kappa shape index (κ1) is 18.5. The average molecular weight is 268 g/mol. The van der Waals surface area contributed by atoms with E-state index in [1.807, 2.05) is 19.3 Å². The molecular weight excluding hydrogens is 232 g/mol. The largest absolute Gasteiger partial charge is 0.501 e. The first-order chi connectivity index (χ1) is 9.16. The summed E-state index contributed by atoms with van der Waals surface area (Å²) in [5.41, 5.74) is 0.480. The predicted octanol–water partition coefficient (Wildman–Crippen LogP) is 6.34. The van der Waals surface area contributed by atoms with Gasteiger partial charge in [0.1, 0.15) is 0 Å². The highest BCUT2D eigenvalue weighted by Crippen LogP contribution is 2.40. The van der Waals surface area contributed by atoms with Crippen LogP contribution in [-0.2, 0) is 4.74 Å². The molecule has 0 rings (SSSR count). The van der Waals surface area contributed by atoms with E-state index in [4.69, 9.17) is 4.74 Å². The lowest BCUT2D eigenvalue weighted by Crippen LogP contribution is -2.30. The zero-order valence-electron chi connectivity index (χ0n) is 14.0. The van der Waals surface area contributed by atoms with Crippen molar-refractivity contribution in [3.8, 4) is 0 Å². The van der Waals surface area contributed by atoms with Gasteiger partial charge in [-0.05, 0) is 24.7 Å². The Morgan fingerprint density at radius 3 is 2.16 bits per heavy atom. The maximum absolute atomic E-state index is 5.62. The first-order valence-electron chi connectivity index (χ1n) is 8.39. The van der Waals surface area contributed by atoms with Crippen LogP contribution in [0.2, 0.25) is 0 Å². The van der Waals surface area contributed by atoms with Crippen molar-refractivity contribution in [2.75, 3.05) is 6.61 Å². The number of hydrogen-bond acceptors (Lipinski definition) is 1. The minimum atomic E-state index is 0.480. The van der Waals surface area contributed by atoms with Crippen molar-refractivity contribution in [2.24, 2.45) is 11.3 Å². The van der Waals surface area contributed by atoms with Crippen LogP contribution in [0.15, 0.2) is 12.3 Å². The van der Waals surface area contributed by atoms with Gasteiger partial charge in [-0.15, -0.1) is 0 Å². The minimum Gasteiger partial charge on any atom is -0.501 e. The molecule has 0 aliphatic rings. The van der Waals surface area contributed by atoms with Crippen LogP contribution >= 0.6 is 0 Å². The maximum Gasteiger partial charge on any atom is 0.0903 e. The van der Waals surface area contributed by atoms with Gasteiger partial charge in [0.05, 0.1) is 12.9 Å². The van der Waals surface area contributed by atoms with E-state index in [0.717, 1.165) is 6.61 Å². The molecule has 0 aromatic rings. The van der Waals surface area contributed by atoms with E-state index in [1.165, 1.54) is 51.4 Å². The molecule has 0 N–H and O–H groups in total. The fourth-order valence-electron chi connectivity index (χ4n) is 3.10. The van der Waals surface area contributed by atoms with Crippen LogP contribution in [0.3, 0.4) is 0 Å². The average Bonchev–Trinajstić information content (AvgIpc) is 2.43. The summed E-state index contributed by atoms with van der Waals surface area (Å²) in [6, 6.07) is 0. The van der Waals surface area contributed by atoms with Crippen LogP contribution in [0.1, 0.15) is 86.0 Å². The molecule has 0 aliphatic heterocycles. The molecule has 0 radical (unpaired) electrons. The number of hydrogen-bond donors (Lipinski definition) is 0. The number of unbranched alkanes of at least 4 members (excludes halogenated alkanes) is 4. The van der Waals surface area contributed by atoms with Crippen molar-refractivity contribution < 1.29 is 4.74 Å². The molecule has 0 bridgehead atoms. The van der Waals surface area contributed by atoms with Crippen molar-refractivity contribution in [1.82, 2.24) is 0 Å². The molecule has 0 heterocycles. The van der Waals surface area contributed by atoms with E-state index >= 15 is 0 Å². The molecule has 1 atom stereocenters. The lowest BCUT2D eigenvalue weighted by molar-refractivity contribution is 0.0697. The Kier molecular flexibility index (Phi) is 11.1. The van der Waals surface area contributed by atoms with Crippen LogP contribution in [0, 0.1) is 11.3 Å². The summed E-state index contributed by atoms with van der Waals surface area (Å²) in [5, 5.41) is 0. The number of ether oxygens (including phenoxy) is 1. The lowest BCUT2D eigenvalue weighted by Gasteiger charge is -2.38. The summed E-state index contributed by atoms with van der Waals surface area (Å²) < 4.78 is 5.62. The van der Waals surface area contributed by atoms with Gasteiger partial charge in [0.25, 0.3) is 0 Å². The molecular formula is C18H36O. The molecule has 0 saturated heterocycles. The third-order valence-electron chi connectivity index (χ3n) is 4.81. The molecule has 0 aromatic heterocycles. The minimum absolute atomic E-state index is 0.480. The van der Waals surface area contributed by atoms with E-state index in [2.05, 4.69) is 27.7 Å². The van der Waals surface area contributed by atoms with Crippen molar-refractivity contribution in [2.45, 2.75) is 86.0 Å². The zero-order valence-corrected chi connectivity index (χ0v) is 14.0. The predicted molar refractivity (Wildman–Crippen MR) is 86.3 cm³/mol. The van der Waals surface area contributed by atoms with E-state index in [0.29, 0.717) is 11.3 Å². The lowest BCUT2D eigenvalue weighted by atomic mass is 9.69. The standard InChI is InChI=1S/C18H36O/c1-6-10-11-12-13-14-18(8-3,9-4)17(5)16-19-15-7-2/h7,15,17H,6,8-14,16H2,1-5H3. The maximum atomic E-state index is 5.62. The molecule has 1 unspecified atom stereocenters. The Morgan fingerprint density at radius 2 is 1.63 bits per heavy atom. The van der Waals surface area contributed by atoms with Crippen LogP contribution < -0.4 is 0 Å². The zero-order chi connectivity index (χ0) is 14.6. The molecule has 1 nitrogen and oxygen atoms in total. The van der Waals surface area contributed by atoms with Gasteiger partial charge >= 0.3 is 0 Å². The molecule has 0 aromatic carbocycles. The van der Waals surface area contributed by atoms with Gasteiger partial charge in [-0.3, -0.25) is 0 Å². The van der Waals surface area contributed by atoms with Gasteiger partial charge in [-0.2, -0.15) is 0 Å². The van der Waals surface area contributed by atoms with Crippen molar-refractivity contribution in [1.29, 1.82) is 0 Å². The topological polar surface area (TPSA) is 9.23 Å². The molecule has 0 saturated carbocycles. The van der Waals surface area contributed by atoms with Crippen molar-refractivity contribution in [3.63, 3.8) is 0 Å². The van der Waals surface area contributed by atoms with E-state index < -0.39 is 0 Å². The normalized spacial score (nSPS) is 13.9. The summed E-state index contributed by atoms with van der Waals surface area (Å²) in [4.78, 5) is 0. The third-order valence-corrected chi connectivity index (χ3v) is 4.81. The van der Waals surface area contributed by atoms with Crippen LogP contribution in [0.5, 0.6) is 0 Å². The number of rotatable bonds is 12. The highest BCUT2D eigenvalue weighted by molar-refractivity contribution is 4.83. The molecule has 0 amide bonds. The summed E-state index contributed by atoms with van der Waals surface area (Å²) >= 11 is 0. The molecule has 1 heteroatoms. The smallest absolute Gasteiger partial charge is 0.0903 e. The third kappa shape index (κ3) is 7.03. The van der Waals surface area contributed by atoms with Gasteiger partial charge in [0, 0.05) is 0 Å². The van der Waals surface area contributed by atoms with Gasteiger partial charge in [0.2, 0.25) is 0 Å². The van der Waals surface area contributed by atoms with Gasteiger partial charge < -0.3 is 4.74 Å². The second-order valence-corrected chi connectivity index (χ2v) is 5.94. The Balaban J connectivity index is 4.22. The van der Waals surface area contributed by atoms with E-state index in [1.54, 1.807) is 0 Å². The molecule has 0 aliphatic carbocycles. The van der Waals surface area contributed by atoms with Crippen LogP contribution in [-0.4, -0.2) is 6.61 Å². The molecule has 19 heavy (non-hydrogen) atoms. The van der Waals surface area contributed by atoms with Gasteiger partial charge in [0.15, 0.2) is 0 Å². The fourth-order valence-corrected chi connectivity index (χ4v) is 3.10. The van der Waals surface area contributed by atoms with Crippen LogP contribution in [0.25, 0.3) is 0 Å². The van der Waals surface area contributed by atoms with Gasteiger partial charge in [-0.1, -0.05) is 78.7 Å². The monoisotopic (exact) mass is 268 g/mol. The molecule has 0 fully saturated rings. The molecule has 0 spiro atoms. The second kappa shape index (κ2) is 11.4. The Hall–Kier alpha value is -0.460. The highest BCUT2D eigenvalue weighted by atomic mass is 16.5. The van der Waals surface area contributed by atoms with Crippen molar-refractivity contribution in [3.05, 3.63) is 12.3 Å². The second-order valence-electron chi connectivity index (χ2n) is 5.94. The number of allylic oxidation sites excluding steroid dienone is 1. The SMILES string of the molecule is CC=COCC(C)C(CC)(CC)CCCCCCC. The van der Waals surface area contributed by atoms with Crippen molar-refractivity contribution >= 4 is 0 Å². The molecule has 114 valence electrons. The summed E-state index contributed by atoms with van der Waals surface area (Å²) in [5.74, 6) is 0.643. The van der Waals surface area contributed by atoms with Crippen LogP contribution in [0.4, 0.5) is 0 Å². The Bertz CT molecular complexity index is 216. The van der Waals surface area contributed by atoms with Gasteiger partial charge in [-0.25, -0.2) is 0 Å². The highest BCUT2D eigenvalue weighted by Gasteiger charge is 2.32. The summed E-state index contributed by atoms with van der Waals surface area (Å²) in [7, 11) is 0. The summed E-state index contributed by atoms with van der Waals surface area (Å²) in [6.07, 6.45) is 14.6. The Labute approximate surface area is 121 Å². The van der Waals surface area contributed by atoms with E-state index in [-0.39, 0.29) is 0 Å². The summed E-state index contributed by atoms with van der Waals surface area (Å²) in [6.45, 7) is 12.2. The Morgan fingerprint density at radius 1 is 1.00 bits per heavy atom. The van der Waals surface area contributed by atoms with E-state index in [9.17, 15) is 0 Å². The first-order valence-corrected chi connectivity index (χ1v) is 8.39. The quantitative estimate of drug-likeness (QED) is 0.296. The fraction of sp³-hybridized carbons (Fsp3) is 0.889.